The summed E-state index contributed by atoms with van der Waals surface area (Å²) in [5.41, 5.74) is 1.85. The Bertz CT molecular complexity index is 1490. The SMILES string of the molecule is Cn1c(NS(=O)(=O)c2ccc(NC(=O)/C=C/c3ccc([N+](=O)[O-])s3)cc2)nc2ccccc21. The molecule has 0 spiro atoms. The predicted molar refractivity (Wildman–Crippen MR) is 127 cm³/mol. The number of sulfonamides is 1. The lowest BCUT2D eigenvalue weighted by molar-refractivity contribution is -0.380. The maximum atomic E-state index is 12.8. The van der Waals surface area contributed by atoms with Crippen LogP contribution in [0, 0.1) is 10.1 Å². The van der Waals surface area contributed by atoms with Crippen molar-refractivity contribution in [1.82, 2.24) is 9.55 Å². The van der Waals surface area contributed by atoms with Crippen LogP contribution in [0.2, 0.25) is 0 Å². The Kier molecular flexibility index (Phi) is 5.94. The van der Waals surface area contributed by atoms with Crippen LogP contribution in [0.3, 0.4) is 0 Å². The molecule has 0 aliphatic heterocycles. The maximum Gasteiger partial charge on any atom is 0.324 e. The van der Waals surface area contributed by atoms with Crippen LogP contribution in [0.1, 0.15) is 4.88 Å². The van der Waals surface area contributed by atoms with Gasteiger partial charge in [0.1, 0.15) is 0 Å². The second-order valence-electron chi connectivity index (χ2n) is 6.87. The van der Waals surface area contributed by atoms with Gasteiger partial charge >= 0.3 is 5.00 Å². The number of hydrogen-bond acceptors (Lipinski definition) is 7. The summed E-state index contributed by atoms with van der Waals surface area (Å²) in [5, 5.41) is 13.3. The number of nitrogens with zero attached hydrogens (tertiary/aromatic N) is 3. The van der Waals surface area contributed by atoms with Crippen molar-refractivity contribution in [1.29, 1.82) is 0 Å². The van der Waals surface area contributed by atoms with Crippen LogP contribution in [0.4, 0.5) is 16.6 Å². The van der Waals surface area contributed by atoms with E-state index in [0.29, 0.717) is 16.1 Å². The number of para-hydroxylation sites is 2. The fourth-order valence-corrected chi connectivity index (χ4v) is 4.76. The van der Waals surface area contributed by atoms with Crippen LogP contribution in [0.5, 0.6) is 0 Å². The van der Waals surface area contributed by atoms with E-state index < -0.39 is 20.9 Å². The van der Waals surface area contributed by atoms with Crippen molar-refractivity contribution in [3.63, 3.8) is 0 Å². The summed E-state index contributed by atoms with van der Waals surface area (Å²) in [6.07, 6.45) is 2.71. The molecule has 0 unspecified atom stereocenters. The van der Waals surface area contributed by atoms with Gasteiger partial charge in [-0.1, -0.05) is 23.5 Å². The number of amides is 1. The second-order valence-corrected chi connectivity index (χ2v) is 9.64. The number of carbonyl (C=O) groups is 1. The normalized spacial score (nSPS) is 11.7. The third-order valence-electron chi connectivity index (χ3n) is 4.64. The lowest BCUT2D eigenvalue weighted by Crippen LogP contribution is -2.16. The predicted octanol–water partition coefficient (Wildman–Crippen LogP) is 4.00. The summed E-state index contributed by atoms with van der Waals surface area (Å²) < 4.78 is 29.7. The quantitative estimate of drug-likeness (QED) is 0.232. The number of aryl methyl sites for hydroxylation is 1. The van der Waals surface area contributed by atoms with E-state index in [-0.39, 0.29) is 15.8 Å². The van der Waals surface area contributed by atoms with E-state index in [9.17, 15) is 23.3 Å². The molecule has 0 radical (unpaired) electrons. The molecular formula is C21H17N5O5S2. The van der Waals surface area contributed by atoms with Crippen LogP contribution in [-0.4, -0.2) is 28.8 Å². The second kappa shape index (κ2) is 8.84. The van der Waals surface area contributed by atoms with Gasteiger partial charge < -0.3 is 9.88 Å². The van der Waals surface area contributed by atoms with E-state index in [1.54, 1.807) is 23.7 Å². The van der Waals surface area contributed by atoms with E-state index in [2.05, 4.69) is 15.0 Å². The lowest BCUT2D eigenvalue weighted by Gasteiger charge is -2.09. The molecule has 10 nitrogen and oxygen atoms in total. The van der Waals surface area contributed by atoms with E-state index in [4.69, 9.17) is 0 Å². The van der Waals surface area contributed by atoms with Crippen LogP contribution in [-0.2, 0) is 21.9 Å². The minimum absolute atomic E-state index is 0.00833. The highest BCUT2D eigenvalue weighted by Gasteiger charge is 2.18. The number of carbonyl (C=O) groups excluding carboxylic acids is 1. The molecule has 0 bridgehead atoms. The van der Waals surface area contributed by atoms with Gasteiger partial charge in [-0.15, -0.1) is 0 Å². The Morgan fingerprint density at radius 1 is 1.12 bits per heavy atom. The average Bonchev–Trinajstić information content (AvgIpc) is 3.38. The Morgan fingerprint density at radius 3 is 2.52 bits per heavy atom. The van der Waals surface area contributed by atoms with Crippen LogP contribution in [0.25, 0.3) is 17.1 Å². The molecule has 2 aromatic heterocycles. The molecule has 33 heavy (non-hydrogen) atoms. The highest BCUT2D eigenvalue weighted by Crippen LogP contribution is 2.25. The minimum atomic E-state index is -3.89. The number of benzene rings is 2. The minimum Gasteiger partial charge on any atom is -0.323 e. The summed E-state index contributed by atoms with van der Waals surface area (Å²) in [6, 6.07) is 15.9. The number of fused-ring (bicyclic) bond motifs is 1. The third-order valence-corrected chi connectivity index (χ3v) is 6.98. The highest BCUT2D eigenvalue weighted by atomic mass is 32.2. The van der Waals surface area contributed by atoms with Crippen molar-refractivity contribution < 1.29 is 18.1 Å². The molecule has 12 heteroatoms. The topological polar surface area (TPSA) is 136 Å². The van der Waals surface area contributed by atoms with Gasteiger partial charge in [0, 0.05) is 29.8 Å². The van der Waals surface area contributed by atoms with Crippen LogP contribution in [0.15, 0.2) is 71.6 Å². The van der Waals surface area contributed by atoms with Crippen LogP contribution < -0.4 is 10.0 Å². The lowest BCUT2D eigenvalue weighted by atomic mass is 10.3. The summed E-state index contributed by atoms with van der Waals surface area (Å²) in [4.78, 5) is 27.2. The average molecular weight is 484 g/mol. The van der Waals surface area contributed by atoms with Crippen molar-refractivity contribution in [3.8, 4) is 0 Å². The molecule has 0 saturated carbocycles. The zero-order valence-corrected chi connectivity index (χ0v) is 18.8. The van der Waals surface area contributed by atoms with Gasteiger partial charge in [0.05, 0.1) is 20.9 Å². The van der Waals surface area contributed by atoms with Crippen molar-refractivity contribution in [2.45, 2.75) is 4.90 Å². The van der Waals surface area contributed by atoms with Crippen molar-refractivity contribution in [2.24, 2.45) is 7.05 Å². The number of aromatic nitrogens is 2. The summed E-state index contributed by atoms with van der Waals surface area (Å²) in [5.74, 6) is -0.271. The first-order valence-electron chi connectivity index (χ1n) is 9.50. The van der Waals surface area contributed by atoms with Crippen LogP contribution >= 0.6 is 11.3 Å². The molecule has 1 amide bonds. The molecule has 2 aromatic carbocycles. The van der Waals surface area contributed by atoms with E-state index in [0.717, 1.165) is 16.9 Å². The number of imidazole rings is 1. The number of nitro groups is 1. The molecule has 0 fully saturated rings. The molecule has 0 aliphatic rings. The molecular weight excluding hydrogens is 466 g/mol. The zero-order chi connectivity index (χ0) is 23.6. The first-order chi connectivity index (χ1) is 15.7. The largest absolute Gasteiger partial charge is 0.324 e. The summed E-state index contributed by atoms with van der Waals surface area (Å²) >= 11 is 0.950. The van der Waals surface area contributed by atoms with Gasteiger partial charge in [-0.05, 0) is 48.5 Å². The Hall–Kier alpha value is -4.03. The number of rotatable bonds is 7. The molecule has 2 N–H and O–H groups in total. The summed E-state index contributed by atoms with van der Waals surface area (Å²) in [6.45, 7) is 0. The molecule has 4 rings (SSSR count). The zero-order valence-electron chi connectivity index (χ0n) is 17.1. The highest BCUT2D eigenvalue weighted by molar-refractivity contribution is 7.92. The molecule has 168 valence electrons. The third kappa shape index (κ3) is 4.91. The van der Waals surface area contributed by atoms with Gasteiger partial charge in [-0.3, -0.25) is 14.9 Å². The van der Waals surface area contributed by atoms with E-state index in [1.165, 1.54) is 42.5 Å². The van der Waals surface area contributed by atoms with E-state index in [1.807, 2.05) is 18.2 Å². The van der Waals surface area contributed by atoms with Gasteiger partial charge in [0.25, 0.3) is 10.0 Å². The Morgan fingerprint density at radius 2 is 1.85 bits per heavy atom. The Balaban J connectivity index is 1.43. The van der Waals surface area contributed by atoms with E-state index >= 15 is 0 Å². The smallest absolute Gasteiger partial charge is 0.323 e. The number of nitrogens with one attached hydrogen (secondary N) is 2. The van der Waals surface area contributed by atoms with Gasteiger partial charge in [0.15, 0.2) is 0 Å². The molecule has 0 atom stereocenters. The fourth-order valence-electron chi connectivity index (χ4n) is 3.00. The van der Waals surface area contributed by atoms with Crippen molar-refractivity contribution >= 4 is 61.0 Å². The first-order valence-corrected chi connectivity index (χ1v) is 11.8. The monoisotopic (exact) mass is 483 g/mol. The van der Waals surface area contributed by atoms with Crippen molar-refractivity contribution in [2.75, 3.05) is 10.0 Å². The molecule has 4 aromatic rings. The summed E-state index contributed by atoms with van der Waals surface area (Å²) in [7, 11) is -2.18. The number of thiophene rings is 1. The standard InChI is InChI=1S/C21H17N5O5S2/c1-25-18-5-3-2-4-17(18)23-21(25)24-33(30,31)16-10-6-14(7-11-16)22-19(27)12-8-15-9-13-20(32-15)26(28)29/h2-13H,1H3,(H,22,27)(H,23,24)/b12-8+. The van der Waals surface area contributed by atoms with Gasteiger partial charge in [-0.25, -0.2) is 18.1 Å². The molecule has 2 heterocycles. The maximum absolute atomic E-state index is 12.8. The Labute approximate surface area is 192 Å². The first kappa shape index (κ1) is 22.2. The van der Waals surface area contributed by atoms with Crippen molar-refractivity contribution in [3.05, 3.63) is 81.7 Å². The van der Waals surface area contributed by atoms with Gasteiger partial charge in [0.2, 0.25) is 11.9 Å². The molecule has 0 aliphatic carbocycles. The fraction of sp³-hybridized carbons (Fsp3) is 0.0476. The molecule has 0 saturated heterocycles. The number of hydrogen-bond donors (Lipinski definition) is 2. The van der Waals surface area contributed by atoms with Gasteiger partial charge in [-0.2, -0.15) is 0 Å². The number of anilines is 2.